The van der Waals surface area contributed by atoms with Crippen molar-refractivity contribution in [2.75, 3.05) is 6.79 Å². The summed E-state index contributed by atoms with van der Waals surface area (Å²) in [6.45, 7) is 2.33. The highest BCUT2D eigenvalue weighted by molar-refractivity contribution is 5.72. The number of carbonyl (C=O) groups is 1. The fourth-order valence-corrected chi connectivity index (χ4v) is 2.16. The number of hydrogen-bond donors (Lipinski definition) is 2. The molecule has 1 aliphatic heterocycles. The molecule has 0 radical (unpaired) electrons. The van der Waals surface area contributed by atoms with Gasteiger partial charge in [-0.25, -0.2) is 0 Å². The maximum atomic E-state index is 10.6. The van der Waals surface area contributed by atoms with Gasteiger partial charge in [0.1, 0.15) is 6.04 Å². The molecule has 0 saturated carbocycles. The Labute approximate surface area is 112 Å². The van der Waals surface area contributed by atoms with Crippen LogP contribution in [0.1, 0.15) is 30.4 Å². The van der Waals surface area contributed by atoms with Crippen LogP contribution in [0.15, 0.2) is 12.1 Å². The topological polar surface area (TPSA) is 81.8 Å². The first kappa shape index (κ1) is 13.7. The van der Waals surface area contributed by atoms with Crippen LogP contribution in [-0.2, 0) is 11.2 Å². The van der Waals surface area contributed by atoms with E-state index in [1.165, 1.54) is 11.1 Å². The zero-order chi connectivity index (χ0) is 13.8. The van der Waals surface area contributed by atoms with Gasteiger partial charge in [-0.3, -0.25) is 4.79 Å². The first-order valence-electron chi connectivity index (χ1n) is 6.45. The number of ether oxygens (including phenoxy) is 2. The number of aliphatic carboxylic acids is 1. The summed E-state index contributed by atoms with van der Waals surface area (Å²) < 4.78 is 10.7. The molecular formula is C14H19NO4. The number of nitrogens with two attached hydrogens (primary N) is 1. The van der Waals surface area contributed by atoms with E-state index in [1.54, 1.807) is 0 Å². The summed E-state index contributed by atoms with van der Waals surface area (Å²) in [5.41, 5.74) is 7.85. The molecule has 1 atom stereocenters. The molecule has 3 N–H and O–H groups in total. The highest BCUT2D eigenvalue weighted by Gasteiger charge is 2.15. The summed E-state index contributed by atoms with van der Waals surface area (Å²) in [6, 6.07) is 3.24. The molecule has 1 heterocycles. The van der Waals surface area contributed by atoms with Gasteiger partial charge in [-0.05, 0) is 49.4 Å². The molecule has 1 unspecified atom stereocenters. The fourth-order valence-electron chi connectivity index (χ4n) is 2.16. The van der Waals surface area contributed by atoms with E-state index in [-0.39, 0.29) is 6.79 Å². The third-order valence-corrected chi connectivity index (χ3v) is 3.36. The Morgan fingerprint density at radius 3 is 2.74 bits per heavy atom. The van der Waals surface area contributed by atoms with E-state index in [0.29, 0.717) is 6.42 Å². The molecule has 0 bridgehead atoms. The SMILES string of the molecule is Cc1cc2c(cc1CCCCC(N)C(=O)O)OCO2. The van der Waals surface area contributed by atoms with Crippen LogP contribution in [0.5, 0.6) is 11.5 Å². The van der Waals surface area contributed by atoms with E-state index in [9.17, 15) is 4.79 Å². The monoisotopic (exact) mass is 265 g/mol. The summed E-state index contributed by atoms with van der Waals surface area (Å²) in [4.78, 5) is 10.6. The predicted molar refractivity (Wildman–Crippen MR) is 70.5 cm³/mol. The number of unbranched alkanes of at least 4 members (excludes halogenated alkanes) is 1. The van der Waals surface area contributed by atoms with E-state index >= 15 is 0 Å². The average molecular weight is 265 g/mol. The van der Waals surface area contributed by atoms with Crippen LogP contribution >= 0.6 is 0 Å². The van der Waals surface area contributed by atoms with Gasteiger partial charge in [-0.1, -0.05) is 6.42 Å². The normalized spacial score (nSPS) is 14.4. The van der Waals surface area contributed by atoms with E-state index < -0.39 is 12.0 Å². The minimum atomic E-state index is -0.931. The maximum absolute atomic E-state index is 10.6. The van der Waals surface area contributed by atoms with Gasteiger partial charge in [0.15, 0.2) is 11.5 Å². The minimum absolute atomic E-state index is 0.283. The van der Waals surface area contributed by atoms with Gasteiger partial charge >= 0.3 is 5.97 Å². The Hall–Kier alpha value is -1.75. The smallest absolute Gasteiger partial charge is 0.320 e. The molecular weight excluding hydrogens is 246 g/mol. The van der Waals surface area contributed by atoms with Gasteiger partial charge in [0, 0.05) is 0 Å². The lowest BCUT2D eigenvalue weighted by molar-refractivity contribution is -0.138. The lowest BCUT2D eigenvalue weighted by Crippen LogP contribution is -2.29. The molecule has 2 rings (SSSR count). The quantitative estimate of drug-likeness (QED) is 0.767. The molecule has 1 aliphatic rings. The van der Waals surface area contributed by atoms with E-state index in [0.717, 1.165) is 30.8 Å². The second-order valence-corrected chi connectivity index (χ2v) is 4.82. The Morgan fingerprint density at radius 1 is 1.37 bits per heavy atom. The van der Waals surface area contributed by atoms with Gasteiger partial charge < -0.3 is 20.3 Å². The van der Waals surface area contributed by atoms with Crippen LogP contribution in [0.4, 0.5) is 0 Å². The van der Waals surface area contributed by atoms with Crippen molar-refractivity contribution in [2.24, 2.45) is 5.73 Å². The Morgan fingerprint density at radius 2 is 2.05 bits per heavy atom. The number of rotatable bonds is 6. The standard InChI is InChI=1S/C14H19NO4/c1-9-6-12-13(19-8-18-12)7-10(9)4-2-3-5-11(15)14(16)17/h6-7,11H,2-5,8,15H2,1H3,(H,16,17). The number of aryl methyl sites for hydroxylation is 2. The summed E-state index contributed by atoms with van der Waals surface area (Å²) in [6.07, 6.45) is 3.14. The number of fused-ring (bicyclic) bond motifs is 1. The second-order valence-electron chi connectivity index (χ2n) is 4.82. The molecule has 5 heteroatoms. The number of benzene rings is 1. The van der Waals surface area contributed by atoms with E-state index in [1.807, 2.05) is 19.1 Å². The molecule has 1 aromatic carbocycles. The largest absolute Gasteiger partial charge is 0.480 e. The van der Waals surface area contributed by atoms with E-state index in [4.69, 9.17) is 20.3 Å². The van der Waals surface area contributed by atoms with Crippen LogP contribution < -0.4 is 15.2 Å². The van der Waals surface area contributed by atoms with Crippen LogP contribution in [0, 0.1) is 6.92 Å². The molecule has 0 aliphatic carbocycles. The molecule has 0 fully saturated rings. The molecule has 0 saturated heterocycles. The Kier molecular flexibility index (Phi) is 4.27. The van der Waals surface area contributed by atoms with Crippen molar-refractivity contribution in [1.29, 1.82) is 0 Å². The van der Waals surface area contributed by atoms with Crippen LogP contribution in [0.25, 0.3) is 0 Å². The summed E-state index contributed by atoms with van der Waals surface area (Å²) >= 11 is 0. The average Bonchev–Trinajstić information content (AvgIpc) is 2.81. The van der Waals surface area contributed by atoms with E-state index in [2.05, 4.69) is 0 Å². The van der Waals surface area contributed by atoms with Gasteiger partial charge in [0.25, 0.3) is 0 Å². The molecule has 0 aromatic heterocycles. The highest BCUT2D eigenvalue weighted by Crippen LogP contribution is 2.35. The van der Waals surface area contributed by atoms with Crippen molar-refractivity contribution in [3.63, 3.8) is 0 Å². The Bertz CT molecular complexity index is 473. The second kappa shape index (κ2) is 5.93. The van der Waals surface area contributed by atoms with Crippen LogP contribution in [-0.4, -0.2) is 23.9 Å². The number of carboxylic acid groups (broad SMARTS) is 1. The number of hydrogen-bond acceptors (Lipinski definition) is 4. The van der Waals surface area contributed by atoms with Gasteiger partial charge in [0.05, 0.1) is 0 Å². The van der Waals surface area contributed by atoms with Crippen molar-refractivity contribution in [2.45, 2.75) is 38.6 Å². The fraction of sp³-hybridized carbons (Fsp3) is 0.500. The predicted octanol–water partition coefficient (Wildman–Crippen LogP) is 1.85. The summed E-state index contributed by atoms with van der Waals surface area (Å²) in [5, 5.41) is 8.69. The lowest BCUT2D eigenvalue weighted by Gasteiger charge is -2.09. The molecule has 0 amide bonds. The maximum Gasteiger partial charge on any atom is 0.320 e. The summed E-state index contributed by atoms with van der Waals surface area (Å²) in [5.74, 6) is 0.663. The molecule has 104 valence electrons. The van der Waals surface area contributed by atoms with Crippen LogP contribution in [0.2, 0.25) is 0 Å². The van der Waals surface area contributed by atoms with Crippen molar-refractivity contribution >= 4 is 5.97 Å². The highest BCUT2D eigenvalue weighted by atomic mass is 16.7. The molecule has 0 spiro atoms. The van der Waals surface area contributed by atoms with Crippen LogP contribution in [0.3, 0.4) is 0 Å². The molecule has 19 heavy (non-hydrogen) atoms. The summed E-state index contributed by atoms with van der Waals surface area (Å²) in [7, 11) is 0. The van der Waals surface area contributed by atoms with Crippen molar-refractivity contribution in [1.82, 2.24) is 0 Å². The van der Waals surface area contributed by atoms with Crippen molar-refractivity contribution in [3.05, 3.63) is 23.3 Å². The minimum Gasteiger partial charge on any atom is -0.480 e. The molecule has 1 aromatic rings. The zero-order valence-electron chi connectivity index (χ0n) is 11.0. The lowest BCUT2D eigenvalue weighted by atomic mass is 10.0. The van der Waals surface area contributed by atoms with Crippen molar-refractivity contribution < 1.29 is 19.4 Å². The molecule has 5 nitrogen and oxygen atoms in total. The Balaban J connectivity index is 1.85. The first-order valence-corrected chi connectivity index (χ1v) is 6.45. The first-order chi connectivity index (χ1) is 9.08. The van der Waals surface area contributed by atoms with Gasteiger partial charge in [-0.2, -0.15) is 0 Å². The number of carboxylic acids is 1. The third-order valence-electron chi connectivity index (χ3n) is 3.36. The van der Waals surface area contributed by atoms with Gasteiger partial charge in [0.2, 0.25) is 6.79 Å². The zero-order valence-corrected chi connectivity index (χ0v) is 11.0. The van der Waals surface area contributed by atoms with Gasteiger partial charge in [-0.15, -0.1) is 0 Å². The third kappa shape index (κ3) is 3.38. The van der Waals surface area contributed by atoms with Crippen molar-refractivity contribution in [3.8, 4) is 11.5 Å².